The molecule has 0 amide bonds. The molecule has 0 aliphatic carbocycles. The first-order valence-corrected chi connectivity index (χ1v) is 12.7. The number of nitrogens with zero attached hydrogens (tertiary/aromatic N) is 6. The Morgan fingerprint density at radius 1 is 0.857 bits per heavy atom. The Kier molecular flexibility index (Phi) is 7.82. The summed E-state index contributed by atoms with van der Waals surface area (Å²) in [6, 6.07) is 21.2. The maximum Gasteiger partial charge on any atom is 0.173 e. The molecule has 0 spiro atoms. The van der Waals surface area contributed by atoms with Crippen LogP contribution in [0.15, 0.2) is 66.7 Å². The maximum absolute atomic E-state index is 4.60. The molecule has 0 N–H and O–H groups in total. The van der Waals surface area contributed by atoms with E-state index >= 15 is 0 Å². The second-order valence-electron chi connectivity index (χ2n) is 11.5. The van der Waals surface area contributed by atoms with Gasteiger partial charge in [0.1, 0.15) is 0 Å². The first kappa shape index (κ1) is 25.3. The van der Waals surface area contributed by atoms with E-state index in [-0.39, 0.29) is 17.0 Å². The highest BCUT2D eigenvalue weighted by Crippen LogP contribution is 2.35. The SMILES string of the molecule is CC(C)(C)CC(C)(C)n1nnnc1[C@@H](c1ccccc1)N1CCN(CC=Cc2ccccc2)CC1. The molecule has 2 aromatic carbocycles. The number of hydrogen-bond acceptors (Lipinski definition) is 5. The van der Waals surface area contributed by atoms with Crippen molar-refractivity contribution >= 4 is 6.08 Å². The second-order valence-corrected chi connectivity index (χ2v) is 11.5. The van der Waals surface area contributed by atoms with Gasteiger partial charge in [-0.25, -0.2) is 4.68 Å². The standard InChI is InChI=1S/C29H40N6/c1-28(2,3)23-29(4,5)35-27(30-31-32-35)26(25-16-10-7-11-17-25)34-21-19-33(20-22-34)18-12-15-24-13-8-6-9-14-24/h6-17,26H,18-23H2,1-5H3/t26-/m1/s1. The molecule has 35 heavy (non-hydrogen) atoms. The minimum Gasteiger partial charge on any atom is -0.297 e. The van der Waals surface area contributed by atoms with Crippen molar-refractivity contribution in [2.45, 2.75) is 52.6 Å². The predicted molar refractivity (Wildman–Crippen MR) is 143 cm³/mol. The number of hydrogen-bond donors (Lipinski definition) is 0. The van der Waals surface area contributed by atoms with E-state index in [1.165, 1.54) is 11.1 Å². The molecule has 1 aromatic heterocycles. The average Bonchev–Trinajstić information content (AvgIpc) is 3.31. The molecule has 3 aromatic rings. The summed E-state index contributed by atoms with van der Waals surface area (Å²) in [5, 5.41) is 13.3. The summed E-state index contributed by atoms with van der Waals surface area (Å²) >= 11 is 0. The Balaban J connectivity index is 1.51. The Morgan fingerprint density at radius 3 is 2.11 bits per heavy atom. The van der Waals surface area contributed by atoms with Crippen LogP contribution in [0.2, 0.25) is 0 Å². The van der Waals surface area contributed by atoms with Crippen LogP contribution in [0.25, 0.3) is 6.08 Å². The van der Waals surface area contributed by atoms with Crippen molar-refractivity contribution in [1.29, 1.82) is 0 Å². The Bertz CT molecular complexity index is 1070. The molecule has 0 saturated carbocycles. The molecule has 1 atom stereocenters. The zero-order valence-corrected chi connectivity index (χ0v) is 21.9. The number of rotatable bonds is 8. The third-order valence-electron chi connectivity index (χ3n) is 6.64. The number of benzene rings is 2. The van der Waals surface area contributed by atoms with Gasteiger partial charge in [-0.2, -0.15) is 0 Å². The van der Waals surface area contributed by atoms with E-state index in [1.54, 1.807) is 0 Å². The van der Waals surface area contributed by atoms with Gasteiger partial charge in [0.15, 0.2) is 5.82 Å². The van der Waals surface area contributed by atoms with Crippen LogP contribution in [0, 0.1) is 5.41 Å². The van der Waals surface area contributed by atoms with Gasteiger partial charge in [0.05, 0.1) is 11.6 Å². The fourth-order valence-corrected chi connectivity index (χ4v) is 5.43. The zero-order chi connectivity index (χ0) is 24.9. The van der Waals surface area contributed by atoms with Crippen LogP contribution in [0.1, 0.15) is 64.0 Å². The smallest absolute Gasteiger partial charge is 0.173 e. The molecule has 1 aliphatic rings. The van der Waals surface area contributed by atoms with Gasteiger partial charge in [-0.15, -0.1) is 5.10 Å². The summed E-state index contributed by atoms with van der Waals surface area (Å²) in [5.74, 6) is 0.933. The number of piperazine rings is 1. The van der Waals surface area contributed by atoms with Gasteiger partial charge in [-0.05, 0) is 47.2 Å². The van der Waals surface area contributed by atoms with E-state index in [9.17, 15) is 0 Å². The molecule has 0 radical (unpaired) electrons. The van der Waals surface area contributed by atoms with Crippen LogP contribution in [0.3, 0.4) is 0 Å². The van der Waals surface area contributed by atoms with Gasteiger partial charge in [-0.3, -0.25) is 9.80 Å². The van der Waals surface area contributed by atoms with Crippen molar-refractivity contribution in [3.05, 3.63) is 83.7 Å². The van der Waals surface area contributed by atoms with Gasteiger partial charge in [-0.1, -0.05) is 93.6 Å². The van der Waals surface area contributed by atoms with Gasteiger partial charge in [0.25, 0.3) is 0 Å². The highest BCUT2D eigenvalue weighted by molar-refractivity contribution is 5.48. The summed E-state index contributed by atoms with van der Waals surface area (Å²) in [5.41, 5.74) is 2.48. The molecule has 0 bridgehead atoms. The minimum atomic E-state index is -0.186. The van der Waals surface area contributed by atoms with E-state index in [1.807, 2.05) is 0 Å². The van der Waals surface area contributed by atoms with Crippen molar-refractivity contribution in [1.82, 2.24) is 30.0 Å². The highest BCUT2D eigenvalue weighted by Gasteiger charge is 2.36. The fraction of sp³-hybridized carbons (Fsp3) is 0.483. The Morgan fingerprint density at radius 2 is 1.49 bits per heavy atom. The predicted octanol–water partition coefficient (Wildman–Crippen LogP) is 5.26. The van der Waals surface area contributed by atoms with Gasteiger partial charge in [0, 0.05) is 32.7 Å². The van der Waals surface area contributed by atoms with E-state index < -0.39 is 0 Å². The lowest BCUT2D eigenvalue weighted by molar-refractivity contribution is 0.106. The molecule has 186 valence electrons. The topological polar surface area (TPSA) is 50.1 Å². The second kappa shape index (κ2) is 10.8. The quantitative estimate of drug-likeness (QED) is 0.447. The molecule has 0 unspecified atom stereocenters. The van der Waals surface area contributed by atoms with Crippen LogP contribution in [-0.4, -0.2) is 62.7 Å². The summed E-state index contributed by atoms with van der Waals surface area (Å²) in [6.07, 6.45) is 5.47. The van der Waals surface area contributed by atoms with Crippen molar-refractivity contribution in [2.24, 2.45) is 5.41 Å². The van der Waals surface area contributed by atoms with Crippen LogP contribution in [-0.2, 0) is 5.54 Å². The molecule has 1 fully saturated rings. The summed E-state index contributed by atoms with van der Waals surface area (Å²) in [7, 11) is 0. The first-order valence-electron chi connectivity index (χ1n) is 12.7. The molecule has 4 rings (SSSR count). The molecule has 2 heterocycles. The van der Waals surface area contributed by atoms with Crippen molar-refractivity contribution in [2.75, 3.05) is 32.7 Å². The molecular formula is C29H40N6. The van der Waals surface area contributed by atoms with Crippen molar-refractivity contribution in [3.63, 3.8) is 0 Å². The van der Waals surface area contributed by atoms with Gasteiger partial charge >= 0.3 is 0 Å². The highest BCUT2D eigenvalue weighted by atomic mass is 15.6. The molecule has 1 aliphatic heterocycles. The Hall–Kier alpha value is -2.83. The lowest BCUT2D eigenvalue weighted by Crippen LogP contribution is -2.48. The van der Waals surface area contributed by atoms with E-state index in [2.05, 4.69) is 137 Å². The first-order chi connectivity index (χ1) is 16.7. The lowest BCUT2D eigenvalue weighted by atomic mass is 9.81. The zero-order valence-electron chi connectivity index (χ0n) is 21.9. The molecule has 6 heteroatoms. The van der Waals surface area contributed by atoms with Gasteiger partial charge in [0.2, 0.25) is 0 Å². The monoisotopic (exact) mass is 472 g/mol. The number of aromatic nitrogens is 4. The average molecular weight is 473 g/mol. The third-order valence-corrected chi connectivity index (χ3v) is 6.64. The Labute approximate surface area is 210 Å². The van der Waals surface area contributed by atoms with Crippen molar-refractivity contribution < 1.29 is 0 Å². The minimum absolute atomic E-state index is 0.0347. The number of tetrazole rings is 1. The third kappa shape index (κ3) is 6.65. The normalized spacial score (nSPS) is 17.2. The molecule has 1 saturated heterocycles. The van der Waals surface area contributed by atoms with E-state index in [0.29, 0.717) is 0 Å². The van der Waals surface area contributed by atoms with Crippen LogP contribution < -0.4 is 0 Å². The summed E-state index contributed by atoms with van der Waals surface area (Å²) < 4.78 is 2.07. The van der Waals surface area contributed by atoms with E-state index in [4.69, 9.17) is 0 Å². The fourth-order valence-electron chi connectivity index (χ4n) is 5.43. The maximum atomic E-state index is 4.60. The molecule has 6 nitrogen and oxygen atoms in total. The van der Waals surface area contributed by atoms with Crippen LogP contribution in [0.5, 0.6) is 0 Å². The van der Waals surface area contributed by atoms with Gasteiger partial charge < -0.3 is 0 Å². The van der Waals surface area contributed by atoms with E-state index in [0.717, 1.165) is 45.0 Å². The summed E-state index contributed by atoms with van der Waals surface area (Å²) in [6.45, 7) is 16.3. The van der Waals surface area contributed by atoms with Crippen molar-refractivity contribution in [3.8, 4) is 0 Å². The lowest BCUT2D eigenvalue weighted by Gasteiger charge is -2.40. The van der Waals surface area contributed by atoms with Crippen LogP contribution >= 0.6 is 0 Å². The molecular weight excluding hydrogens is 432 g/mol. The van der Waals surface area contributed by atoms with Crippen LogP contribution in [0.4, 0.5) is 0 Å². The summed E-state index contributed by atoms with van der Waals surface area (Å²) in [4.78, 5) is 5.06. The largest absolute Gasteiger partial charge is 0.297 e.